The molecule has 0 fully saturated rings. The fraction of sp³-hybridized carbons (Fsp3) is 0.333. The number of ether oxygens (including phenoxy) is 1. The highest BCUT2D eigenvalue weighted by atomic mass is 32.2. The van der Waals surface area contributed by atoms with Crippen molar-refractivity contribution in [2.45, 2.75) is 18.2 Å². The molecule has 0 radical (unpaired) electrons. The molecule has 2 rings (SSSR count). The summed E-state index contributed by atoms with van der Waals surface area (Å²) in [5.74, 6) is 0.237. The Labute approximate surface area is 129 Å². The maximum atomic E-state index is 11.8. The van der Waals surface area contributed by atoms with Gasteiger partial charge in [-0.1, -0.05) is 19.1 Å². The van der Waals surface area contributed by atoms with Gasteiger partial charge in [0.2, 0.25) is 5.91 Å². The molecule has 1 N–H and O–H groups in total. The van der Waals surface area contributed by atoms with Crippen molar-refractivity contribution in [1.29, 1.82) is 0 Å². The van der Waals surface area contributed by atoms with E-state index in [1.165, 1.54) is 7.11 Å². The first-order valence-electron chi connectivity index (χ1n) is 6.74. The Morgan fingerprint density at radius 3 is 2.68 bits per heavy atom. The number of hydrazone groups is 1. The molecule has 1 amide bonds. The van der Waals surface area contributed by atoms with Crippen LogP contribution in [0.2, 0.25) is 0 Å². The lowest BCUT2D eigenvalue weighted by molar-refractivity contribution is -0.121. The first kappa shape index (κ1) is 16.2. The SMILES string of the molecule is COc1ccc(C=CC2=NNC(=O)CC2C)cc1S(C)(=O)=O. The molecule has 0 aromatic heterocycles. The third kappa shape index (κ3) is 3.73. The van der Waals surface area contributed by atoms with Crippen LogP contribution in [0.3, 0.4) is 0 Å². The summed E-state index contributed by atoms with van der Waals surface area (Å²) in [5, 5.41) is 4.00. The number of nitrogens with one attached hydrogen (secondary N) is 1. The zero-order chi connectivity index (χ0) is 16.3. The first-order valence-corrected chi connectivity index (χ1v) is 8.63. The molecule has 1 aliphatic rings. The lowest BCUT2D eigenvalue weighted by Crippen LogP contribution is -2.30. The van der Waals surface area contributed by atoms with Crippen molar-refractivity contribution in [2.24, 2.45) is 11.0 Å². The molecule has 1 atom stereocenters. The van der Waals surface area contributed by atoms with Crippen molar-refractivity contribution in [1.82, 2.24) is 5.43 Å². The van der Waals surface area contributed by atoms with Gasteiger partial charge in [0.1, 0.15) is 10.6 Å². The van der Waals surface area contributed by atoms with Crippen molar-refractivity contribution < 1.29 is 17.9 Å². The van der Waals surface area contributed by atoms with Crippen molar-refractivity contribution in [3.05, 3.63) is 29.8 Å². The second-order valence-corrected chi connectivity index (χ2v) is 7.18. The molecule has 0 spiro atoms. The third-order valence-electron chi connectivity index (χ3n) is 3.34. The van der Waals surface area contributed by atoms with Gasteiger partial charge in [-0.15, -0.1) is 0 Å². The summed E-state index contributed by atoms with van der Waals surface area (Å²) in [6.45, 7) is 1.91. The van der Waals surface area contributed by atoms with E-state index in [2.05, 4.69) is 10.5 Å². The number of amides is 1. The van der Waals surface area contributed by atoms with Gasteiger partial charge in [-0.3, -0.25) is 4.79 Å². The average Bonchev–Trinajstić information content (AvgIpc) is 2.45. The zero-order valence-corrected chi connectivity index (χ0v) is 13.5. The van der Waals surface area contributed by atoms with Crippen molar-refractivity contribution >= 4 is 27.5 Å². The average molecular weight is 322 g/mol. The van der Waals surface area contributed by atoms with E-state index in [9.17, 15) is 13.2 Å². The summed E-state index contributed by atoms with van der Waals surface area (Å²) in [6.07, 6.45) is 5.07. The summed E-state index contributed by atoms with van der Waals surface area (Å²) < 4.78 is 28.6. The standard InChI is InChI=1S/C15H18N2O4S/c1-10-8-15(18)17-16-12(10)6-4-11-5-7-13(21-2)14(9-11)22(3,19)20/h4-7,9-10H,8H2,1-3H3,(H,17,18). The molecule has 22 heavy (non-hydrogen) atoms. The van der Waals surface area contributed by atoms with Crippen molar-refractivity contribution in [2.75, 3.05) is 13.4 Å². The number of hydrogen-bond donors (Lipinski definition) is 1. The van der Waals surface area contributed by atoms with Gasteiger partial charge >= 0.3 is 0 Å². The van der Waals surface area contributed by atoms with E-state index in [0.717, 1.165) is 12.0 Å². The van der Waals surface area contributed by atoms with Gasteiger partial charge in [0.25, 0.3) is 0 Å². The number of benzene rings is 1. The first-order chi connectivity index (χ1) is 10.3. The van der Waals surface area contributed by atoms with Gasteiger partial charge in [0, 0.05) is 18.6 Å². The molecule has 1 aromatic carbocycles. The molecule has 1 heterocycles. The van der Waals surface area contributed by atoms with Crippen LogP contribution < -0.4 is 10.2 Å². The largest absolute Gasteiger partial charge is 0.495 e. The van der Waals surface area contributed by atoms with Crippen molar-refractivity contribution in [3.8, 4) is 5.75 Å². The topological polar surface area (TPSA) is 84.8 Å². The van der Waals surface area contributed by atoms with E-state index in [-0.39, 0.29) is 16.7 Å². The summed E-state index contributed by atoms with van der Waals surface area (Å²) >= 11 is 0. The molecule has 7 heteroatoms. The molecular weight excluding hydrogens is 304 g/mol. The molecular formula is C15H18N2O4S. The number of hydrogen-bond acceptors (Lipinski definition) is 5. The van der Waals surface area contributed by atoms with E-state index < -0.39 is 9.84 Å². The minimum Gasteiger partial charge on any atom is -0.495 e. The summed E-state index contributed by atoms with van der Waals surface area (Å²) in [4.78, 5) is 11.3. The highest BCUT2D eigenvalue weighted by molar-refractivity contribution is 7.90. The number of sulfone groups is 1. The Morgan fingerprint density at radius 2 is 2.09 bits per heavy atom. The lowest BCUT2D eigenvalue weighted by atomic mass is 9.99. The second-order valence-electron chi connectivity index (χ2n) is 5.19. The number of carbonyl (C=O) groups excluding carboxylic acids is 1. The van der Waals surface area contributed by atoms with Crippen LogP contribution in [0.15, 0.2) is 34.3 Å². The summed E-state index contributed by atoms with van der Waals surface area (Å²) in [6, 6.07) is 4.93. The molecule has 6 nitrogen and oxygen atoms in total. The van der Waals surface area contributed by atoms with Crippen LogP contribution >= 0.6 is 0 Å². The number of carbonyl (C=O) groups is 1. The Kier molecular flexibility index (Phi) is 4.65. The minimum atomic E-state index is -3.38. The van der Waals surface area contributed by atoms with Crippen LogP contribution in [0.4, 0.5) is 0 Å². The maximum absolute atomic E-state index is 11.8. The highest BCUT2D eigenvalue weighted by Gasteiger charge is 2.18. The van der Waals surface area contributed by atoms with E-state index in [1.807, 2.05) is 6.92 Å². The summed E-state index contributed by atoms with van der Waals surface area (Å²) in [5.41, 5.74) is 3.90. The lowest BCUT2D eigenvalue weighted by Gasteiger charge is -2.16. The second kappa shape index (κ2) is 6.31. The predicted molar refractivity (Wildman–Crippen MR) is 84.5 cm³/mol. The molecule has 1 unspecified atom stereocenters. The van der Waals surface area contributed by atoms with Gasteiger partial charge in [-0.25, -0.2) is 13.8 Å². The van der Waals surface area contributed by atoms with Crippen LogP contribution in [0.25, 0.3) is 6.08 Å². The van der Waals surface area contributed by atoms with E-state index in [1.54, 1.807) is 30.4 Å². The number of nitrogens with zero attached hydrogens (tertiary/aromatic N) is 1. The van der Waals surface area contributed by atoms with E-state index >= 15 is 0 Å². The molecule has 118 valence electrons. The Bertz CT molecular complexity index is 751. The fourth-order valence-electron chi connectivity index (χ4n) is 2.14. The van der Waals surface area contributed by atoms with E-state index in [4.69, 9.17) is 4.74 Å². The number of methoxy groups -OCH3 is 1. The minimum absolute atomic E-state index is 0.0256. The van der Waals surface area contributed by atoms with Crippen LogP contribution in [0.1, 0.15) is 18.9 Å². The monoisotopic (exact) mass is 322 g/mol. The Morgan fingerprint density at radius 1 is 1.36 bits per heavy atom. The normalized spacial score (nSPS) is 19.0. The number of rotatable bonds is 4. The van der Waals surface area contributed by atoms with Crippen LogP contribution in [0, 0.1) is 5.92 Å². The molecule has 0 bridgehead atoms. The molecule has 1 aliphatic heterocycles. The van der Waals surface area contributed by atoms with Crippen molar-refractivity contribution in [3.63, 3.8) is 0 Å². The number of allylic oxidation sites excluding steroid dienone is 1. The molecule has 0 saturated carbocycles. The van der Waals surface area contributed by atoms with Crippen LogP contribution in [-0.4, -0.2) is 33.4 Å². The van der Waals surface area contributed by atoms with Crippen LogP contribution in [0.5, 0.6) is 5.75 Å². The van der Waals surface area contributed by atoms with Gasteiger partial charge in [0.15, 0.2) is 9.84 Å². The third-order valence-corrected chi connectivity index (χ3v) is 4.46. The van der Waals surface area contributed by atoms with Gasteiger partial charge in [-0.2, -0.15) is 5.10 Å². The molecule has 0 aliphatic carbocycles. The molecule has 1 aromatic rings. The fourth-order valence-corrected chi connectivity index (χ4v) is 3.00. The van der Waals surface area contributed by atoms with Gasteiger partial charge < -0.3 is 4.74 Å². The quantitative estimate of drug-likeness (QED) is 0.913. The Hall–Kier alpha value is -2.15. The Balaban J connectivity index is 2.31. The van der Waals surface area contributed by atoms with Gasteiger partial charge in [-0.05, 0) is 23.8 Å². The smallest absolute Gasteiger partial charge is 0.240 e. The van der Waals surface area contributed by atoms with Gasteiger partial charge in [0.05, 0.1) is 12.8 Å². The maximum Gasteiger partial charge on any atom is 0.240 e. The molecule has 0 saturated heterocycles. The predicted octanol–water partition coefficient (Wildman–Crippen LogP) is 1.62. The zero-order valence-electron chi connectivity index (χ0n) is 12.7. The van der Waals surface area contributed by atoms with E-state index in [0.29, 0.717) is 17.7 Å². The van der Waals surface area contributed by atoms with Crippen LogP contribution in [-0.2, 0) is 14.6 Å². The summed E-state index contributed by atoms with van der Waals surface area (Å²) in [7, 11) is -1.94. The highest BCUT2D eigenvalue weighted by Crippen LogP contribution is 2.25.